The number of para-hydroxylation sites is 1. The normalized spacial score (nSPS) is 21.8. The van der Waals surface area contributed by atoms with Crippen molar-refractivity contribution in [2.45, 2.75) is 31.0 Å². The minimum atomic E-state index is -1.35. The van der Waals surface area contributed by atoms with Gasteiger partial charge in [0.15, 0.2) is 11.3 Å². The van der Waals surface area contributed by atoms with Crippen LogP contribution in [0.2, 0.25) is 0 Å². The number of benzene rings is 2. The summed E-state index contributed by atoms with van der Waals surface area (Å²) < 4.78 is 1.65. The molecule has 1 saturated carbocycles. The van der Waals surface area contributed by atoms with Crippen LogP contribution in [0.1, 0.15) is 35.3 Å². The number of aromatic nitrogens is 2. The number of nitrogens with two attached hydrogens (primary N) is 1. The van der Waals surface area contributed by atoms with Crippen molar-refractivity contribution in [2.75, 3.05) is 0 Å². The van der Waals surface area contributed by atoms with E-state index in [4.69, 9.17) is 5.73 Å². The Balaban J connectivity index is 1.76. The maximum absolute atomic E-state index is 11.7. The number of nitrogens with zero attached hydrogens (tertiary/aromatic N) is 2. The zero-order valence-electron chi connectivity index (χ0n) is 14.6. The van der Waals surface area contributed by atoms with Crippen molar-refractivity contribution in [1.82, 2.24) is 9.78 Å². The van der Waals surface area contributed by atoms with E-state index in [1.165, 1.54) is 0 Å². The molecule has 1 aliphatic carbocycles. The van der Waals surface area contributed by atoms with Gasteiger partial charge in [0.2, 0.25) is 0 Å². The van der Waals surface area contributed by atoms with E-state index >= 15 is 0 Å². The van der Waals surface area contributed by atoms with Gasteiger partial charge in [0, 0.05) is 10.9 Å². The number of primary amides is 1. The Morgan fingerprint density at radius 3 is 2.81 bits per heavy atom. The van der Waals surface area contributed by atoms with E-state index in [1.54, 1.807) is 10.7 Å². The standard InChI is InChI=1S/C21H19N3O3/c22-20(26)19-16-7-1-2-8-17(16)24(23-19)15-6-3-5-14(13-15)10-12-21(27)11-4-9-18(21)25/h1-3,5-8,13,18,25,27H,4,9,11H2,(H2,22,26). The van der Waals surface area contributed by atoms with Crippen LogP contribution in [0.3, 0.4) is 0 Å². The predicted octanol–water partition coefficient (Wildman–Crippen LogP) is 1.75. The third kappa shape index (κ3) is 3.08. The number of aliphatic hydroxyl groups is 2. The summed E-state index contributed by atoms with van der Waals surface area (Å²) in [5.74, 6) is 5.18. The molecule has 1 aliphatic rings. The molecule has 27 heavy (non-hydrogen) atoms. The molecule has 136 valence electrons. The molecule has 2 unspecified atom stereocenters. The van der Waals surface area contributed by atoms with Crippen LogP contribution in [0, 0.1) is 11.8 Å². The monoisotopic (exact) mass is 361 g/mol. The second kappa shape index (κ2) is 6.54. The molecule has 1 amide bonds. The van der Waals surface area contributed by atoms with Crippen molar-refractivity contribution < 1.29 is 15.0 Å². The summed E-state index contributed by atoms with van der Waals surface area (Å²) in [5.41, 5.74) is 6.49. The molecule has 0 saturated heterocycles. The summed E-state index contributed by atoms with van der Waals surface area (Å²) in [4.78, 5) is 11.7. The first-order valence-corrected chi connectivity index (χ1v) is 8.79. The van der Waals surface area contributed by atoms with Crippen LogP contribution in [0.15, 0.2) is 48.5 Å². The van der Waals surface area contributed by atoms with Gasteiger partial charge < -0.3 is 15.9 Å². The summed E-state index contributed by atoms with van der Waals surface area (Å²) in [6.45, 7) is 0. The molecule has 6 heteroatoms. The van der Waals surface area contributed by atoms with Crippen molar-refractivity contribution in [3.63, 3.8) is 0 Å². The smallest absolute Gasteiger partial charge is 0.269 e. The van der Waals surface area contributed by atoms with Crippen LogP contribution < -0.4 is 5.73 Å². The number of hydrogen-bond donors (Lipinski definition) is 3. The molecular formula is C21H19N3O3. The Morgan fingerprint density at radius 2 is 2.07 bits per heavy atom. The van der Waals surface area contributed by atoms with Gasteiger partial charge >= 0.3 is 0 Å². The quantitative estimate of drug-likeness (QED) is 0.605. The highest BCUT2D eigenvalue weighted by Gasteiger charge is 2.38. The molecule has 4 N–H and O–H groups in total. The number of aliphatic hydroxyl groups excluding tert-OH is 1. The second-order valence-electron chi connectivity index (χ2n) is 6.77. The van der Waals surface area contributed by atoms with Crippen molar-refractivity contribution in [3.05, 3.63) is 59.8 Å². The summed E-state index contributed by atoms with van der Waals surface area (Å²) >= 11 is 0. The second-order valence-corrected chi connectivity index (χ2v) is 6.77. The number of carbonyl (C=O) groups is 1. The molecule has 3 aromatic rings. The average Bonchev–Trinajstić information content (AvgIpc) is 3.22. The average molecular weight is 361 g/mol. The van der Waals surface area contributed by atoms with Crippen molar-refractivity contribution in [3.8, 4) is 17.5 Å². The zero-order chi connectivity index (χ0) is 19.0. The third-order valence-electron chi connectivity index (χ3n) is 4.92. The molecule has 6 nitrogen and oxygen atoms in total. The van der Waals surface area contributed by atoms with Crippen molar-refractivity contribution in [2.24, 2.45) is 5.73 Å². The molecule has 2 atom stereocenters. The molecular weight excluding hydrogens is 342 g/mol. The van der Waals surface area contributed by atoms with Gasteiger partial charge in [0.1, 0.15) is 0 Å². The van der Waals surface area contributed by atoms with Gasteiger partial charge in [-0.05, 0) is 43.5 Å². The molecule has 0 spiro atoms. The zero-order valence-corrected chi connectivity index (χ0v) is 14.6. The van der Waals surface area contributed by atoms with Gasteiger partial charge in [-0.25, -0.2) is 4.68 Å². The summed E-state index contributed by atoms with van der Waals surface area (Å²) in [7, 11) is 0. The predicted molar refractivity (Wildman–Crippen MR) is 101 cm³/mol. The van der Waals surface area contributed by atoms with Gasteiger partial charge in [0.05, 0.1) is 17.3 Å². The van der Waals surface area contributed by atoms with Crippen molar-refractivity contribution in [1.29, 1.82) is 0 Å². The van der Waals surface area contributed by atoms with Crippen LogP contribution in [0.5, 0.6) is 0 Å². The molecule has 1 heterocycles. The van der Waals surface area contributed by atoms with Crippen LogP contribution in [-0.2, 0) is 0 Å². The highest BCUT2D eigenvalue weighted by molar-refractivity contribution is 6.04. The first-order chi connectivity index (χ1) is 13.0. The topological polar surface area (TPSA) is 101 Å². The lowest BCUT2D eigenvalue weighted by Crippen LogP contribution is -2.35. The fraction of sp³-hybridized carbons (Fsp3) is 0.238. The van der Waals surface area contributed by atoms with Crippen LogP contribution in [0.25, 0.3) is 16.6 Å². The number of rotatable bonds is 2. The van der Waals surface area contributed by atoms with E-state index in [0.717, 1.165) is 17.6 Å². The summed E-state index contributed by atoms with van der Waals surface area (Å²) in [6.07, 6.45) is 0.954. The van der Waals surface area contributed by atoms with E-state index in [0.29, 0.717) is 23.8 Å². The number of hydrogen-bond acceptors (Lipinski definition) is 4. The van der Waals surface area contributed by atoms with Gasteiger partial charge in [-0.15, -0.1) is 0 Å². The molecule has 2 aromatic carbocycles. The van der Waals surface area contributed by atoms with Gasteiger partial charge in [-0.2, -0.15) is 5.10 Å². The first-order valence-electron chi connectivity index (χ1n) is 8.79. The van der Waals surface area contributed by atoms with Gasteiger partial charge in [-0.1, -0.05) is 36.1 Å². The molecule has 0 bridgehead atoms. The highest BCUT2D eigenvalue weighted by atomic mass is 16.3. The van der Waals surface area contributed by atoms with Crippen LogP contribution in [-0.4, -0.2) is 37.6 Å². The summed E-state index contributed by atoms with van der Waals surface area (Å²) in [5, 5.41) is 25.4. The van der Waals surface area contributed by atoms with E-state index in [-0.39, 0.29) is 5.69 Å². The summed E-state index contributed by atoms with van der Waals surface area (Å²) in [6, 6.07) is 14.7. The van der Waals surface area contributed by atoms with E-state index in [9.17, 15) is 15.0 Å². The number of amides is 1. The fourth-order valence-corrected chi connectivity index (χ4v) is 3.46. The Morgan fingerprint density at radius 1 is 1.26 bits per heavy atom. The molecule has 4 rings (SSSR count). The van der Waals surface area contributed by atoms with E-state index in [2.05, 4.69) is 16.9 Å². The fourth-order valence-electron chi connectivity index (χ4n) is 3.46. The van der Waals surface area contributed by atoms with E-state index in [1.807, 2.05) is 42.5 Å². The lowest BCUT2D eigenvalue weighted by atomic mass is 10.0. The Bertz CT molecular complexity index is 1090. The maximum atomic E-state index is 11.7. The third-order valence-corrected chi connectivity index (χ3v) is 4.92. The Labute approximate surface area is 156 Å². The Kier molecular flexibility index (Phi) is 4.19. The van der Waals surface area contributed by atoms with Gasteiger partial charge in [-0.3, -0.25) is 4.79 Å². The van der Waals surface area contributed by atoms with E-state index < -0.39 is 17.6 Å². The molecule has 1 fully saturated rings. The lowest BCUT2D eigenvalue weighted by molar-refractivity contribution is -0.00819. The number of carbonyl (C=O) groups excluding carboxylic acids is 1. The number of fused-ring (bicyclic) bond motifs is 1. The van der Waals surface area contributed by atoms with Crippen molar-refractivity contribution >= 4 is 16.8 Å². The molecule has 0 radical (unpaired) electrons. The minimum absolute atomic E-state index is 0.213. The first kappa shape index (κ1) is 17.3. The Hall–Kier alpha value is -3.14. The molecule has 0 aliphatic heterocycles. The maximum Gasteiger partial charge on any atom is 0.269 e. The van der Waals surface area contributed by atoms with Crippen LogP contribution >= 0.6 is 0 Å². The van der Waals surface area contributed by atoms with Crippen LogP contribution in [0.4, 0.5) is 0 Å². The minimum Gasteiger partial charge on any atom is -0.389 e. The van der Waals surface area contributed by atoms with Gasteiger partial charge in [0.25, 0.3) is 5.91 Å². The largest absolute Gasteiger partial charge is 0.389 e. The highest BCUT2D eigenvalue weighted by Crippen LogP contribution is 2.29. The molecule has 1 aromatic heterocycles. The lowest BCUT2D eigenvalue weighted by Gasteiger charge is -2.19. The SMILES string of the molecule is NC(=O)c1nn(-c2cccc(C#CC3(O)CCCC3O)c2)c2ccccc12.